The molecule has 0 bridgehead atoms. The molecule has 0 unspecified atom stereocenters. The molecule has 0 aliphatic heterocycles. The van der Waals surface area contributed by atoms with E-state index < -0.39 is 10.1 Å². The summed E-state index contributed by atoms with van der Waals surface area (Å²) in [4.78, 5) is 9.97. The Morgan fingerprint density at radius 3 is 1.87 bits per heavy atom. The number of nitrogens with zero attached hydrogens (tertiary/aromatic N) is 1. The van der Waals surface area contributed by atoms with Crippen molar-refractivity contribution in [2.45, 2.75) is 4.90 Å². The van der Waals surface area contributed by atoms with Crippen LogP contribution in [0.4, 0.5) is 5.69 Å². The summed E-state index contributed by atoms with van der Waals surface area (Å²) in [6.07, 6.45) is 0. The number of nitroso groups, excluding NO2 is 1. The van der Waals surface area contributed by atoms with Gasteiger partial charge in [0.15, 0.2) is 0 Å². The fourth-order valence-corrected chi connectivity index (χ4v) is 2.95. The van der Waals surface area contributed by atoms with Crippen LogP contribution in [-0.4, -0.2) is 42.5 Å². The van der Waals surface area contributed by atoms with E-state index in [0.29, 0.717) is 0 Å². The van der Waals surface area contributed by atoms with Crippen LogP contribution in [0.2, 0.25) is 0 Å². The molecule has 0 saturated heterocycles. The van der Waals surface area contributed by atoms with E-state index >= 15 is 0 Å². The molecule has 0 fully saturated rings. The maximum absolute atomic E-state index is 10.7. The summed E-state index contributed by atoms with van der Waals surface area (Å²) in [6.45, 7) is 0. The first-order valence-corrected chi connectivity index (χ1v) is 6.18. The van der Waals surface area contributed by atoms with Gasteiger partial charge in [0.25, 0.3) is 10.1 Å². The van der Waals surface area contributed by atoms with E-state index in [1.165, 1.54) is 0 Å². The van der Waals surface area contributed by atoms with Crippen molar-refractivity contribution >= 4 is 77.2 Å². The molecule has 78 valence electrons. The number of benzene rings is 1. The van der Waals surface area contributed by atoms with Crippen molar-refractivity contribution in [2.24, 2.45) is 5.18 Å². The van der Waals surface area contributed by atoms with Crippen molar-refractivity contribution in [2.75, 3.05) is 0 Å². The predicted octanol–water partition coefficient (Wildman–Crippen LogP) is 2.21. The molecular formula is C6H4Br2NNaO4S. The first-order chi connectivity index (χ1) is 6.36. The van der Waals surface area contributed by atoms with Crippen molar-refractivity contribution in [3.8, 4) is 0 Å². The average molecular weight is 369 g/mol. The minimum absolute atomic E-state index is 0. The molecule has 0 atom stereocenters. The molecule has 0 amide bonds. The molecule has 0 aliphatic carbocycles. The maximum atomic E-state index is 10.7. The van der Waals surface area contributed by atoms with Crippen LogP contribution >= 0.6 is 31.9 Å². The molecule has 1 aromatic rings. The normalized spacial score (nSPS) is 10.6. The molecule has 1 aromatic carbocycles. The molecule has 0 spiro atoms. The molecule has 0 radical (unpaired) electrons. The van der Waals surface area contributed by atoms with Crippen molar-refractivity contribution in [3.63, 3.8) is 0 Å². The molecule has 0 aromatic heterocycles. The van der Waals surface area contributed by atoms with E-state index in [1.54, 1.807) is 0 Å². The second kappa shape index (κ2) is 5.85. The van der Waals surface area contributed by atoms with E-state index in [0.717, 1.165) is 12.1 Å². The Morgan fingerprint density at radius 1 is 1.20 bits per heavy atom. The number of rotatable bonds is 2. The zero-order valence-electron chi connectivity index (χ0n) is 6.44. The van der Waals surface area contributed by atoms with Crippen LogP contribution in [0.3, 0.4) is 0 Å². The Balaban J connectivity index is 0.00000196. The van der Waals surface area contributed by atoms with Crippen molar-refractivity contribution in [1.82, 2.24) is 0 Å². The SMILES string of the molecule is O=Nc1c(Br)cc(S(=O)(=O)O)cc1Br.[NaH]. The summed E-state index contributed by atoms with van der Waals surface area (Å²) in [5, 5.41) is 2.67. The van der Waals surface area contributed by atoms with Gasteiger partial charge in [0, 0.05) is 8.95 Å². The van der Waals surface area contributed by atoms with Gasteiger partial charge in [-0.2, -0.15) is 8.42 Å². The molecule has 1 N–H and O–H groups in total. The third kappa shape index (κ3) is 3.88. The molecule has 0 heterocycles. The predicted molar refractivity (Wildman–Crippen MR) is 64.3 cm³/mol. The van der Waals surface area contributed by atoms with Gasteiger partial charge in [0.05, 0.1) is 4.90 Å². The molecule has 1 rings (SSSR count). The van der Waals surface area contributed by atoms with Gasteiger partial charge >= 0.3 is 29.6 Å². The molecular weight excluding hydrogens is 365 g/mol. The molecule has 9 heteroatoms. The third-order valence-electron chi connectivity index (χ3n) is 1.38. The van der Waals surface area contributed by atoms with Gasteiger partial charge in [0.1, 0.15) is 5.69 Å². The Morgan fingerprint density at radius 2 is 1.60 bits per heavy atom. The summed E-state index contributed by atoms with van der Waals surface area (Å²) in [5.74, 6) is 0. The fraction of sp³-hybridized carbons (Fsp3) is 0. The Hall–Kier alpha value is 0.690. The van der Waals surface area contributed by atoms with Gasteiger partial charge in [0.2, 0.25) is 0 Å². The Labute approximate surface area is 125 Å². The van der Waals surface area contributed by atoms with E-state index in [9.17, 15) is 13.3 Å². The number of hydrogen-bond donors (Lipinski definition) is 1. The zero-order valence-corrected chi connectivity index (χ0v) is 10.4. The average Bonchev–Trinajstić information content (AvgIpc) is 2.01. The van der Waals surface area contributed by atoms with Crippen LogP contribution in [0.5, 0.6) is 0 Å². The molecule has 5 nitrogen and oxygen atoms in total. The van der Waals surface area contributed by atoms with Crippen LogP contribution in [0.25, 0.3) is 0 Å². The monoisotopic (exact) mass is 367 g/mol. The Bertz CT molecular complexity index is 467. The quantitative estimate of drug-likeness (QED) is 0.492. The van der Waals surface area contributed by atoms with E-state index in [-0.39, 0.29) is 49.1 Å². The Kier molecular flexibility index (Phi) is 6.12. The van der Waals surface area contributed by atoms with Crippen LogP contribution in [0, 0.1) is 4.91 Å². The van der Waals surface area contributed by atoms with Gasteiger partial charge in [-0.1, -0.05) is 0 Å². The van der Waals surface area contributed by atoms with Crippen LogP contribution < -0.4 is 0 Å². The van der Waals surface area contributed by atoms with Gasteiger partial charge in [-0.25, -0.2) is 0 Å². The summed E-state index contributed by atoms with van der Waals surface area (Å²) in [5.41, 5.74) is 0.0393. The van der Waals surface area contributed by atoms with Gasteiger partial charge in [-0.3, -0.25) is 4.55 Å². The summed E-state index contributed by atoms with van der Waals surface area (Å²) in [6, 6.07) is 2.19. The van der Waals surface area contributed by atoms with E-state index in [1.807, 2.05) is 0 Å². The number of hydrogen-bond acceptors (Lipinski definition) is 4. The zero-order chi connectivity index (χ0) is 10.9. The third-order valence-corrected chi connectivity index (χ3v) is 3.42. The van der Waals surface area contributed by atoms with Crippen LogP contribution in [0.15, 0.2) is 31.2 Å². The minimum atomic E-state index is -4.28. The topological polar surface area (TPSA) is 83.8 Å². The molecule has 15 heavy (non-hydrogen) atoms. The van der Waals surface area contributed by atoms with Crippen LogP contribution in [0.1, 0.15) is 0 Å². The van der Waals surface area contributed by atoms with Crippen molar-refractivity contribution in [3.05, 3.63) is 26.0 Å². The van der Waals surface area contributed by atoms with Crippen molar-refractivity contribution < 1.29 is 13.0 Å². The van der Waals surface area contributed by atoms with Crippen molar-refractivity contribution in [1.29, 1.82) is 0 Å². The van der Waals surface area contributed by atoms with Gasteiger partial charge in [-0.15, -0.1) is 4.91 Å². The number of halogens is 2. The van der Waals surface area contributed by atoms with E-state index in [2.05, 4.69) is 37.0 Å². The summed E-state index contributed by atoms with van der Waals surface area (Å²) >= 11 is 5.90. The first-order valence-electron chi connectivity index (χ1n) is 3.16. The van der Waals surface area contributed by atoms with Gasteiger partial charge in [-0.05, 0) is 49.2 Å². The standard InChI is InChI=1S/C6H3Br2NO4S.Na.H/c7-4-1-3(14(11,12)13)2-5(8)6(4)9-10;;/h1-2H,(H,11,12,13);;. The second-order valence-electron chi connectivity index (χ2n) is 2.30. The summed E-state index contributed by atoms with van der Waals surface area (Å²) < 4.78 is 30.6. The first kappa shape index (κ1) is 15.7. The second-order valence-corrected chi connectivity index (χ2v) is 5.43. The molecule has 0 aliphatic rings. The van der Waals surface area contributed by atoms with E-state index in [4.69, 9.17) is 4.55 Å². The van der Waals surface area contributed by atoms with Gasteiger partial charge < -0.3 is 0 Å². The molecule has 0 saturated carbocycles. The fourth-order valence-electron chi connectivity index (χ4n) is 0.778. The summed E-state index contributed by atoms with van der Waals surface area (Å²) in [7, 11) is -4.28. The van der Waals surface area contributed by atoms with Crippen LogP contribution in [-0.2, 0) is 10.1 Å².